The highest BCUT2D eigenvalue weighted by atomic mass is 32.2. The molecule has 1 aromatic carbocycles. The van der Waals surface area contributed by atoms with Crippen molar-refractivity contribution in [3.63, 3.8) is 0 Å². The zero-order chi connectivity index (χ0) is 10.8. The fraction of sp³-hybridized carbons (Fsp3) is 0.333. The van der Waals surface area contributed by atoms with Gasteiger partial charge in [0.2, 0.25) is 0 Å². The summed E-state index contributed by atoms with van der Waals surface area (Å²) in [6.07, 6.45) is 0. The van der Waals surface area contributed by atoms with Crippen LogP contribution >= 0.6 is 0 Å². The van der Waals surface area contributed by atoms with E-state index in [2.05, 4.69) is 4.72 Å². The van der Waals surface area contributed by atoms with E-state index in [9.17, 15) is 4.21 Å². The molecule has 5 nitrogen and oxygen atoms in total. The molecule has 1 heterocycles. The molecule has 0 aliphatic carbocycles. The van der Waals surface area contributed by atoms with Gasteiger partial charge in [-0.05, 0) is 12.1 Å². The molecule has 0 radical (unpaired) electrons. The van der Waals surface area contributed by atoms with Crippen LogP contribution in [0.2, 0.25) is 0 Å². The predicted molar refractivity (Wildman–Crippen MR) is 59.6 cm³/mol. The normalized spacial score (nSPS) is 16.5. The van der Waals surface area contributed by atoms with Gasteiger partial charge in [-0.1, -0.05) is 6.07 Å². The number of hydrogen-bond acceptors (Lipinski definition) is 3. The van der Waals surface area contributed by atoms with E-state index in [1.54, 1.807) is 6.07 Å². The fourth-order valence-corrected chi connectivity index (χ4v) is 1.91. The molecule has 1 unspecified atom stereocenters. The average molecular weight is 228 g/mol. The van der Waals surface area contributed by atoms with E-state index in [1.165, 1.54) is 0 Å². The van der Waals surface area contributed by atoms with Crippen molar-refractivity contribution >= 4 is 22.6 Å². The first kappa shape index (κ1) is 10.3. The molecule has 0 aromatic heterocycles. The average Bonchev–Trinajstić information content (AvgIpc) is 2.19. The van der Waals surface area contributed by atoms with Crippen molar-refractivity contribution in [1.29, 1.82) is 0 Å². The van der Waals surface area contributed by atoms with Crippen molar-refractivity contribution < 1.29 is 13.5 Å². The Morgan fingerprint density at radius 1 is 1.60 bits per heavy atom. The molecule has 1 aliphatic heterocycles. The smallest absolute Gasteiger partial charge is 0.259 e. The number of nitrogens with zero attached hydrogens (tertiary/aromatic N) is 1. The van der Waals surface area contributed by atoms with Crippen LogP contribution in [0.25, 0.3) is 0 Å². The van der Waals surface area contributed by atoms with E-state index in [1.807, 2.05) is 24.1 Å². The summed E-state index contributed by atoms with van der Waals surface area (Å²) in [7, 11) is 1.96. The van der Waals surface area contributed by atoms with Gasteiger partial charge in [0.05, 0.1) is 17.9 Å². The van der Waals surface area contributed by atoms with E-state index in [4.69, 9.17) is 9.29 Å². The van der Waals surface area contributed by atoms with Gasteiger partial charge in [0.15, 0.2) is 5.75 Å². The van der Waals surface area contributed by atoms with Crippen LogP contribution < -0.4 is 14.4 Å². The van der Waals surface area contributed by atoms with Gasteiger partial charge in [0.25, 0.3) is 11.3 Å². The molecule has 0 bridgehead atoms. The lowest BCUT2D eigenvalue weighted by Gasteiger charge is -2.28. The van der Waals surface area contributed by atoms with Crippen molar-refractivity contribution in [3.8, 4) is 5.75 Å². The van der Waals surface area contributed by atoms with Crippen LogP contribution in [0.5, 0.6) is 5.75 Å². The predicted octanol–water partition coefficient (Wildman–Crippen LogP) is 1.06. The number of benzene rings is 1. The Morgan fingerprint density at radius 2 is 2.40 bits per heavy atom. The van der Waals surface area contributed by atoms with E-state index in [0.717, 1.165) is 12.2 Å². The summed E-state index contributed by atoms with van der Waals surface area (Å²) >= 11 is -2.07. The summed E-state index contributed by atoms with van der Waals surface area (Å²) in [5.41, 5.74) is 1.47. The second-order valence-corrected chi connectivity index (χ2v) is 3.98. The molecule has 0 fully saturated rings. The topological polar surface area (TPSA) is 61.8 Å². The van der Waals surface area contributed by atoms with E-state index in [-0.39, 0.29) is 0 Å². The number of anilines is 2. The lowest BCUT2D eigenvalue weighted by molar-refractivity contribution is 0.313. The van der Waals surface area contributed by atoms with Gasteiger partial charge in [-0.2, -0.15) is 0 Å². The lowest BCUT2D eigenvalue weighted by Crippen LogP contribution is -2.29. The van der Waals surface area contributed by atoms with Crippen molar-refractivity contribution in [2.24, 2.45) is 0 Å². The third-order valence-electron chi connectivity index (χ3n) is 2.28. The third kappa shape index (κ3) is 2.05. The number of hydrogen-bond donors (Lipinski definition) is 2. The zero-order valence-electron chi connectivity index (χ0n) is 8.27. The molecule has 1 atom stereocenters. The van der Waals surface area contributed by atoms with Crippen LogP contribution in [-0.2, 0) is 11.3 Å². The van der Waals surface area contributed by atoms with Gasteiger partial charge >= 0.3 is 0 Å². The first-order valence-electron chi connectivity index (χ1n) is 4.53. The molecular formula is C9H12N2O3S. The summed E-state index contributed by atoms with van der Waals surface area (Å²) in [6, 6.07) is 5.45. The Labute approximate surface area is 90.5 Å². The van der Waals surface area contributed by atoms with Crippen LogP contribution in [0.3, 0.4) is 0 Å². The SMILES string of the molecule is CN1CCOc2c(NS(=O)O)cccc21. The number of fused-ring (bicyclic) bond motifs is 1. The molecule has 2 rings (SSSR count). The maximum absolute atomic E-state index is 10.7. The molecule has 0 spiro atoms. The van der Waals surface area contributed by atoms with Gasteiger partial charge < -0.3 is 9.64 Å². The quantitative estimate of drug-likeness (QED) is 0.743. The highest BCUT2D eigenvalue weighted by Gasteiger charge is 2.18. The monoisotopic (exact) mass is 228 g/mol. The van der Waals surface area contributed by atoms with Gasteiger partial charge in [0.1, 0.15) is 6.61 Å². The number of rotatable bonds is 2. The molecule has 0 saturated heterocycles. The van der Waals surface area contributed by atoms with E-state index >= 15 is 0 Å². The van der Waals surface area contributed by atoms with Crippen LogP contribution in [-0.4, -0.2) is 29.0 Å². The Morgan fingerprint density at radius 3 is 3.13 bits per heavy atom. The van der Waals surface area contributed by atoms with E-state index < -0.39 is 11.3 Å². The summed E-state index contributed by atoms with van der Waals surface area (Å²) in [5, 5.41) is 0. The minimum absolute atomic E-state index is 0.542. The molecule has 6 heteroatoms. The molecule has 15 heavy (non-hydrogen) atoms. The Bertz CT molecular complexity index is 397. The first-order valence-corrected chi connectivity index (χ1v) is 5.63. The summed E-state index contributed by atoms with van der Waals surface area (Å²) in [4.78, 5) is 2.05. The Balaban J connectivity index is 2.40. The minimum Gasteiger partial charge on any atom is -0.487 e. The van der Waals surface area contributed by atoms with Gasteiger partial charge in [-0.25, -0.2) is 4.21 Å². The van der Waals surface area contributed by atoms with Gasteiger partial charge in [0, 0.05) is 7.05 Å². The Hall–Kier alpha value is -1.27. The van der Waals surface area contributed by atoms with Gasteiger partial charge in [-0.15, -0.1) is 0 Å². The number of para-hydroxylation sites is 1. The fourth-order valence-electron chi connectivity index (χ4n) is 1.56. The summed E-state index contributed by atoms with van der Waals surface area (Å²) < 4.78 is 27.3. The van der Waals surface area contributed by atoms with Gasteiger partial charge in [-0.3, -0.25) is 9.27 Å². The highest BCUT2D eigenvalue weighted by molar-refractivity contribution is 7.80. The third-order valence-corrected chi connectivity index (χ3v) is 2.67. The maximum atomic E-state index is 10.7. The molecule has 1 aliphatic rings. The minimum atomic E-state index is -2.07. The maximum Gasteiger partial charge on any atom is 0.259 e. The molecule has 0 amide bonds. The molecule has 82 valence electrons. The van der Waals surface area contributed by atoms with Crippen LogP contribution in [0.15, 0.2) is 18.2 Å². The number of ether oxygens (including phenoxy) is 1. The number of likely N-dealkylation sites (N-methyl/N-ethyl adjacent to an activating group) is 1. The Kier molecular flexibility index (Phi) is 2.79. The van der Waals surface area contributed by atoms with Crippen LogP contribution in [0, 0.1) is 0 Å². The largest absolute Gasteiger partial charge is 0.487 e. The van der Waals surface area contributed by atoms with Crippen molar-refractivity contribution in [2.45, 2.75) is 0 Å². The second-order valence-electron chi connectivity index (χ2n) is 3.28. The number of nitrogens with one attached hydrogen (secondary N) is 1. The van der Waals surface area contributed by atoms with Crippen molar-refractivity contribution in [3.05, 3.63) is 18.2 Å². The molecular weight excluding hydrogens is 216 g/mol. The zero-order valence-corrected chi connectivity index (χ0v) is 9.08. The lowest BCUT2D eigenvalue weighted by atomic mass is 10.2. The van der Waals surface area contributed by atoms with Crippen molar-refractivity contribution in [1.82, 2.24) is 0 Å². The standard InChI is InChI=1S/C9H12N2O3S/c1-11-5-6-14-9-7(10-15(12)13)3-2-4-8(9)11/h2-4,10H,5-6H2,1H3,(H,12,13). The molecule has 2 N–H and O–H groups in total. The van der Waals surface area contributed by atoms with E-state index in [0.29, 0.717) is 18.0 Å². The second kappa shape index (κ2) is 4.08. The highest BCUT2D eigenvalue weighted by Crippen LogP contribution is 2.37. The summed E-state index contributed by atoms with van der Waals surface area (Å²) in [5.74, 6) is 0.633. The molecule has 0 saturated carbocycles. The first-order chi connectivity index (χ1) is 7.18. The summed E-state index contributed by atoms with van der Waals surface area (Å²) in [6.45, 7) is 1.40. The van der Waals surface area contributed by atoms with Crippen LogP contribution in [0.4, 0.5) is 11.4 Å². The van der Waals surface area contributed by atoms with Crippen molar-refractivity contribution in [2.75, 3.05) is 29.8 Å². The van der Waals surface area contributed by atoms with Crippen LogP contribution in [0.1, 0.15) is 0 Å². The molecule has 1 aromatic rings.